The molecular weight excluding hydrogens is 491 g/mol. The van der Waals surface area contributed by atoms with Gasteiger partial charge in [0.05, 0.1) is 18.8 Å². The van der Waals surface area contributed by atoms with E-state index < -0.39 is 0 Å². The van der Waals surface area contributed by atoms with Gasteiger partial charge in [-0.25, -0.2) is 0 Å². The van der Waals surface area contributed by atoms with Crippen LogP contribution in [-0.4, -0.2) is 70.0 Å². The quantitative estimate of drug-likeness (QED) is 0.210. The first-order chi connectivity index (χ1) is 14.3. The largest absolute Gasteiger partial charge is 0.379 e. The molecule has 1 aromatic rings. The van der Waals surface area contributed by atoms with Crippen molar-refractivity contribution in [3.05, 3.63) is 35.4 Å². The summed E-state index contributed by atoms with van der Waals surface area (Å²) in [6, 6.07) is 9.33. The van der Waals surface area contributed by atoms with Crippen LogP contribution in [0.25, 0.3) is 0 Å². The zero-order valence-electron chi connectivity index (χ0n) is 18.6. The van der Waals surface area contributed by atoms with Crippen LogP contribution >= 0.6 is 24.0 Å². The van der Waals surface area contributed by atoms with Gasteiger partial charge in [-0.3, -0.25) is 9.89 Å². The topological polar surface area (TPSA) is 58.1 Å². The zero-order chi connectivity index (χ0) is 20.3. The highest BCUT2D eigenvalue weighted by Crippen LogP contribution is 2.24. The van der Waals surface area contributed by atoms with Gasteiger partial charge in [0.15, 0.2) is 5.96 Å². The van der Waals surface area contributed by atoms with Crippen LogP contribution in [-0.2, 0) is 9.47 Å². The molecule has 0 radical (unpaired) electrons. The van der Waals surface area contributed by atoms with Crippen LogP contribution in [0.5, 0.6) is 0 Å². The lowest BCUT2D eigenvalue weighted by atomic mass is 10.0. The van der Waals surface area contributed by atoms with Crippen molar-refractivity contribution in [3.63, 3.8) is 0 Å². The minimum atomic E-state index is 0. The fourth-order valence-corrected chi connectivity index (χ4v) is 4.09. The summed E-state index contributed by atoms with van der Waals surface area (Å²) in [5.74, 6) is 0.862. The van der Waals surface area contributed by atoms with Crippen LogP contribution in [0.2, 0.25) is 0 Å². The molecule has 2 heterocycles. The number of aliphatic imine (C=N–C) groups is 1. The molecule has 3 rings (SSSR count). The third kappa shape index (κ3) is 8.32. The number of nitrogens with zero attached hydrogens (tertiary/aromatic N) is 2. The molecule has 1 aromatic carbocycles. The molecule has 0 amide bonds. The second-order valence-electron chi connectivity index (χ2n) is 8.11. The summed E-state index contributed by atoms with van der Waals surface area (Å²) in [4.78, 5) is 6.98. The third-order valence-electron chi connectivity index (χ3n) is 5.82. The third-order valence-corrected chi connectivity index (χ3v) is 5.82. The molecule has 6 nitrogen and oxygen atoms in total. The first-order valence-corrected chi connectivity index (χ1v) is 11.2. The van der Waals surface area contributed by atoms with Crippen molar-refractivity contribution in [1.29, 1.82) is 0 Å². The predicted molar refractivity (Wildman–Crippen MR) is 134 cm³/mol. The van der Waals surface area contributed by atoms with Crippen molar-refractivity contribution in [2.75, 3.05) is 53.0 Å². The Bertz CT molecular complexity index is 614. The second-order valence-corrected chi connectivity index (χ2v) is 8.11. The van der Waals surface area contributed by atoms with Crippen molar-refractivity contribution in [1.82, 2.24) is 15.5 Å². The molecule has 0 saturated carbocycles. The van der Waals surface area contributed by atoms with Crippen LogP contribution in [0, 0.1) is 6.92 Å². The normalized spacial score (nSPS) is 20.7. The molecule has 2 atom stereocenters. The average molecular weight is 530 g/mol. The molecule has 2 aliphatic rings. The molecule has 2 unspecified atom stereocenters. The van der Waals surface area contributed by atoms with Crippen LogP contribution in [0.4, 0.5) is 0 Å². The van der Waals surface area contributed by atoms with E-state index in [1.807, 2.05) is 7.05 Å². The van der Waals surface area contributed by atoms with Crippen LogP contribution in [0.15, 0.2) is 29.3 Å². The molecule has 2 aliphatic heterocycles. The van der Waals surface area contributed by atoms with Crippen LogP contribution in [0.3, 0.4) is 0 Å². The highest BCUT2D eigenvalue weighted by atomic mass is 127. The van der Waals surface area contributed by atoms with E-state index in [1.54, 1.807) is 0 Å². The maximum Gasteiger partial charge on any atom is 0.191 e. The van der Waals surface area contributed by atoms with E-state index in [9.17, 15) is 0 Å². The van der Waals surface area contributed by atoms with Gasteiger partial charge in [-0.1, -0.05) is 29.8 Å². The Balaban J connectivity index is 0.00000320. The van der Waals surface area contributed by atoms with Gasteiger partial charge in [-0.15, -0.1) is 24.0 Å². The van der Waals surface area contributed by atoms with Crippen molar-refractivity contribution in [3.8, 4) is 0 Å². The minimum Gasteiger partial charge on any atom is -0.379 e. The Morgan fingerprint density at radius 1 is 1.20 bits per heavy atom. The number of hydrogen-bond donors (Lipinski definition) is 2. The standard InChI is InChI=1S/C23H38N4O2.HI/c1-19-8-10-20(11-9-19)22(27-13-3-4-14-27)17-26-23(24-2)25-12-6-15-28-18-21-7-5-16-29-21;/h8-11,21-22H,3-7,12-18H2,1-2H3,(H2,24,25,26);1H. The first-order valence-electron chi connectivity index (χ1n) is 11.2. The van der Waals surface area contributed by atoms with Crippen molar-refractivity contribution >= 4 is 29.9 Å². The monoisotopic (exact) mass is 530 g/mol. The van der Waals surface area contributed by atoms with Crippen molar-refractivity contribution in [2.24, 2.45) is 4.99 Å². The summed E-state index contributed by atoms with van der Waals surface area (Å²) in [7, 11) is 1.83. The van der Waals surface area contributed by atoms with Gasteiger partial charge >= 0.3 is 0 Å². The fourth-order valence-electron chi connectivity index (χ4n) is 4.09. The fraction of sp³-hybridized carbons (Fsp3) is 0.696. The minimum absolute atomic E-state index is 0. The van der Waals surface area contributed by atoms with Gasteiger partial charge in [0.2, 0.25) is 0 Å². The Morgan fingerprint density at radius 2 is 1.97 bits per heavy atom. The molecular formula is C23H39IN4O2. The van der Waals surface area contributed by atoms with E-state index >= 15 is 0 Å². The molecule has 0 bridgehead atoms. The Hall–Kier alpha value is -0.900. The Morgan fingerprint density at radius 3 is 2.63 bits per heavy atom. The average Bonchev–Trinajstić information content (AvgIpc) is 3.44. The lowest BCUT2D eigenvalue weighted by Crippen LogP contribution is -2.43. The summed E-state index contributed by atoms with van der Waals surface area (Å²) in [6.07, 6.45) is 6.15. The number of rotatable bonds is 10. The highest BCUT2D eigenvalue weighted by molar-refractivity contribution is 14.0. The lowest BCUT2D eigenvalue weighted by molar-refractivity contribution is 0.0168. The van der Waals surface area contributed by atoms with Crippen LogP contribution < -0.4 is 10.6 Å². The van der Waals surface area contributed by atoms with Gasteiger partial charge in [0.1, 0.15) is 0 Å². The Kier molecular flexibility index (Phi) is 12.0. The summed E-state index contributed by atoms with van der Waals surface area (Å²) in [6.45, 7) is 8.57. The van der Waals surface area contributed by atoms with E-state index in [4.69, 9.17) is 9.47 Å². The van der Waals surface area contributed by atoms with E-state index in [1.165, 1.54) is 43.5 Å². The number of halogens is 1. The lowest BCUT2D eigenvalue weighted by Gasteiger charge is -2.29. The number of ether oxygens (including phenoxy) is 2. The van der Waals surface area contributed by atoms with Gasteiger partial charge in [-0.2, -0.15) is 0 Å². The molecule has 2 fully saturated rings. The maximum atomic E-state index is 5.73. The molecule has 0 spiro atoms. The number of nitrogens with one attached hydrogen (secondary N) is 2. The molecule has 0 aliphatic carbocycles. The number of aryl methyl sites for hydroxylation is 1. The number of benzene rings is 1. The van der Waals surface area contributed by atoms with E-state index in [0.29, 0.717) is 12.1 Å². The van der Waals surface area contributed by atoms with Crippen molar-refractivity contribution < 1.29 is 9.47 Å². The summed E-state index contributed by atoms with van der Waals surface area (Å²) in [5.41, 5.74) is 2.68. The second kappa shape index (κ2) is 14.2. The summed E-state index contributed by atoms with van der Waals surface area (Å²) >= 11 is 0. The molecule has 2 saturated heterocycles. The molecule has 170 valence electrons. The Labute approximate surface area is 199 Å². The first kappa shape index (κ1) is 25.4. The van der Waals surface area contributed by atoms with Crippen molar-refractivity contribution in [2.45, 2.75) is 51.2 Å². The van der Waals surface area contributed by atoms with E-state index in [0.717, 1.165) is 51.7 Å². The predicted octanol–water partition coefficient (Wildman–Crippen LogP) is 3.50. The molecule has 30 heavy (non-hydrogen) atoms. The number of likely N-dealkylation sites (tertiary alicyclic amines) is 1. The smallest absolute Gasteiger partial charge is 0.191 e. The molecule has 0 aromatic heterocycles. The number of hydrogen-bond acceptors (Lipinski definition) is 4. The van der Waals surface area contributed by atoms with Gasteiger partial charge in [-0.05, 0) is 57.7 Å². The van der Waals surface area contributed by atoms with E-state index in [-0.39, 0.29) is 24.0 Å². The highest BCUT2D eigenvalue weighted by Gasteiger charge is 2.23. The van der Waals surface area contributed by atoms with Gasteiger partial charge in [0.25, 0.3) is 0 Å². The number of guanidine groups is 1. The zero-order valence-corrected chi connectivity index (χ0v) is 20.9. The summed E-state index contributed by atoms with van der Waals surface area (Å²) < 4.78 is 11.3. The van der Waals surface area contributed by atoms with Gasteiger partial charge in [0, 0.05) is 33.4 Å². The van der Waals surface area contributed by atoms with E-state index in [2.05, 4.69) is 51.7 Å². The summed E-state index contributed by atoms with van der Waals surface area (Å²) in [5, 5.41) is 6.95. The SMILES string of the molecule is CN=C(NCCCOCC1CCCO1)NCC(c1ccc(C)cc1)N1CCCC1.I. The van der Waals surface area contributed by atoms with Crippen LogP contribution in [0.1, 0.15) is 49.3 Å². The van der Waals surface area contributed by atoms with Gasteiger partial charge < -0.3 is 20.1 Å². The maximum absolute atomic E-state index is 5.73. The molecule has 7 heteroatoms. The molecule has 2 N–H and O–H groups in total.